The van der Waals surface area contributed by atoms with Gasteiger partial charge >= 0.3 is 0 Å². The molecule has 5 saturated carbocycles. The van der Waals surface area contributed by atoms with Gasteiger partial charge in [-0.15, -0.1) is 0 Å². The van der Waals surface area contributed by atoms with Crippen LogP contribution >= 0.6 is 0 Å². The second-order valence-electron chi connectivity index (χ2n) is 10.2. The molecule has 0 aromatic carbocycles. The summed E-state index contributed by atoms with van der Waals surface area (Å²) in [4.78, 5) is 4.28. The van der Waals surface area contributed by atoms with Crippen LogP contribution in [0.25, 0.3) is 0 Å². The van der Waals surface area contributed by atoms with E-state index >= 15 is 0 Å². The zero-order valence-corrected chi connectivity index (χ0v) is 16.3. The molecule has 0 N–H and O–H groups in total. The van der Waals surface area contributed by atoms with E-state index in [0.29, 0.717) is 11.5 Å². The summed E-state index contributed by atoms with van der Waals surface area (Å²) < 4.78 is 8.98. The van der Waals surface area contributed by atoms with Crippen molar-refractivity contribution in [2.24, 2.45) is 29.1 Å². The maximum absolute atomic E-state index is 6.71. The minimum Gasteiger partial charge on any atom is -0.376 e. The van der Waals surface area contributed by atoms with Gasteiger partial charge in [-0.05, 0) is 80.5 Å². The van der Waals surface area contributed by atoms with Crippen LogP contribution in [0.4, 0.5) is 0 Å². The van der Waals surface area contributed by atoms with Crippen molar-refractivity contribution in [3.63, 3.8) is 0 Å². The molecule has 1 heterocycles. The summed E-state index contributed by atoms with van der Waals surface area (Å²) in [5, 5.41) is 0. The van der Waals surface area contributed by atoms with Gasteiger partial charge < -0.3 is 9.30 Å². The topological polar surface area (TPSA) is 27.1 Å². The predicted molar refractivity (Wildman–Crippen MR) is 104 cm³/mol. The lowest BCUT2D eigenvalue weighted by molar-refractivity contribution is -0.147. The van der Waals surface area contributed by atoms with Crippen molar-refractivity contribution < 1.29 is 4.74 Å². The summed E-state index contributed by atoms with van der Waals surface area (Å²) in [6, 6.07) is 0. The first-order valence-electron chi connectivity index (χ1n) is 11.4. The number of nitrogens with zero attached hydrogens (tertiary/aromatic N) is 2. The zero-order valence-electron chi connectivity index (χ0n) is 16.3. The number of rotatable bonds is 8. The van der Waals surface area contributed by atoms with E-state index in [0.717, 1.165) is 36.8 Å². The van der Waals surface area contributed by atoms with Gasteiger partial charge in [0, 0.05) is 19.0 Å². The van der Waals surface area contributed by atoms with Gasteiger partial charge in [-0.1, -0.05) is 25.7 Å². The molecule has 0 aliphatic heterocycles. The molecule has 0 spiro atoms. The van der Waals surface area contributed by atoms with Gasteiger partial charge in [-0.2, -0.15) is 0 Å². The lowest BCUT2D eigenvalue weighted by atomic mass is 9.48. The number of aromatic nitrogens is 2. The van der Waals surface area contributed by atoms with Crippen LogP contribution in [-0.2, 0) is 11.3 Å². The fourth-order valence-corrected chi connectivity index (χ4v) is 7.48. The van der Waals surface area contributed by atoms with E-state index in [2.05, 4.69) is 15.7 Å². The van der Waals surface area contributed by atoms with Gasteiger partial charge in [0.05, 0.1) is 19.0 Å². The van der Waals surface area contributed by atoms with E-state index in [1.165, 1.54) is 77.0 Å². The van der Waals surface area contributed by atoms with Gasteiger partial charge in [0.25, 0.3) is 0 Å². The molecule has 0 amide bonds. The van der Waals surface area contributed by atoms with Crippen LogP contribution in [0.5, 0.6) is 0 Å². The SMILES string of the molecule is c1cn(CC(OCCCC2CCCC2)C23CC4CC(CC(C4)C2)C3)cn1. The van der Waals surface area contributed by atoms with Crippen LogP contribution in [0.2, 0.25) is 0 Å². The van der Waals surface area contributed by atoms with Gasteiger partial charge in [0.1, 0.15) is 0 Å². The van der Waals surface area contributed by atoms with E-state index in [-0.39, 0.29) is 0 Å². The third-order valence-electron chi connectivity index (χ3n) is 8.25. The Hall–Kier alpha value is -0.830. The first-order chi connectivity index (χ1) is 12.8. The Balaban J connectivity index is 1.25. The van der Waals surface area contributed by atoms with Crippen molar-refractivity contribution >= 4 is 0 Å². The summed E-state index contributed by atoms with van der Waals surface area (Å²) in [6.45, 7) is 1.98. The van der Waals surface area contributed by atoms with E-state index in [9.17, 15) is 0 Å². The van der Waals surface area contributed by atoms with E-state index in [4.69, 9.17) is 4.74 Å². The van der Waals surface area contributed by atoms with Gasteiger partial charge in [-0.3, -0.25) is 0 Å². The summed E-state index contributed by atoms with van der Waals surface area (Å²) in [7, 11) is 0. The molecule has 5 aliphatic rings. The van der Waals surface area contributed by atoms with Crippen LogP contribution in [0.15, 0.2) is 18.7 Å². The normalized spacial score (nSPS) is 37.5. The monoisotopic (exact) mass is 356 g/mol. The third kappa shape index (κ3) is 3.48. The largest absolute Gasteiger partial charge is 0.376 e. The first kappa shape index (κ1) is 17.3. The fourth-order valence-electron chi connectivity index (χ4n) is 7.48. The van der Waals surface area contributed by atoms with Gasteiger partial charge in [0.2, 0.25) is 0 Å². The smallest absolute Gasteiger partial charge is 0.0946 e. The van der Waals surface area contributed by atoms with Crippen molar-refractivity contribution in [1.29, 1.82) is 0 Å². The molecule has 1 aromatic rings. The molecule has 0 radical (unpaired) electrons. The number of imidazole rings is 1. The van der Waals surface area contributed by atoms with Crippen molar-refractivity contribution in [3.05, 3.63) is 18.7 Å². The second-order valence-corrected chi connectivity index (χ2v) is 10.2. The molecule has 1 atom stereocenters. The Bertz CT molecular complexity index is 540. The summed E-state index contributed by atoms with van der Waals surface area (Å²) in [5.41, 5.74) is 0.465. The molecule has 1 aromatic heterocycles. The highest BCUT2D eigenvalue weighted by atomic mass is 16.5. The Labute approximate surface area is 158 Å². The van der Waals surface area contributed by atoms with Gasteiger partial charge in [0.15, 0.2) is 0 Å². The molecule has 1 unspecified atom stereocenters. The second kappa shape index (κ2) is 7.30. The standard InChI is InChI=1S/C23H36N2O/c1-2-5-18(4-1)6-3-9-26-22(16-25-8-7-24-17-25)23-13-19-10-20(14-23)12-21(11-19)15-23/h7-8,17-22H,1-6,9-16H2. The highest BCUT2D eigenvalue weighted by molar-refractivity contribution is 5.05. The molecule has 3 nitrogen and oxygen atoms in total. The van der Waals surface area contributed by atoms with Crippen LogP contribution in [0, 0.1) is 29.1 Å². The molecule has 3 heteroatoms. The summed E-state index contributed by atoms with van der Waals surface area (Å²) >= 11 is 0. The Morgan fingerprint density at radius 1 is 1.04 bits per heavy atom. The van der Waals surface area contributed by atoms with Crippen LogP contribution in [-0.4, -0.2) is 22.3 Å². The van der Waals surface area contributed by atoms with Crippen molar-refractivity contribution in [2.75, 3.05) is 6.61 Å². The third-order valence-corrected chi connectivity index (χ3v) is 8.25. The fraction of sp³-hybridized carbons (Fsp3) is 0.870. The number of hydrogen-bond donors (Lipinski definition) is 0. The summed E-state index contributed by atoms with van der Waals surface area (Å²) in [6.07, 6.45) is 23.7. The highest BCUT2D eigenvalue weighted by Crippen LogP contribution is 2.62. The first-order valence-corrected chi connectivity index (χ1v) is 11.4. The lowest BCUT2D eigenvalue weighted by Gasteiger charge is -2.59. The lowest BCUT2D eigenvalue weighted by Crippen LogP contribution is -2.53. The van der Waals surface area contributed by atoms with E-state index in [1.807, 2.05) is 12.5 Å². The van der Waals surface area contributed by atoms with Crippen LogP contribution in [0.1, 0.15) is 77.0 Å². The van der Waals surface area contributed by atoms with Gasteiger partial charge in [-0.25, -0.2) is 4.98 Å². The van der Waals surface area contributed by atoms with Crippen molar-refractivity contribution in [2.45, 2.75) is 89.7 Å². The molecule has 26 heavy (non-hydrogen) atoms. The predicted octanol–water partition coefficient (Wildman–Crippen LogP) is 5.46. The zero-order chi connectivity index (χ0) is 17.4. The molecule has 0 saturated heterocycles. The average Bonchev–Trinajstić information content (AvgIpc) is 3.30. The maximum Gasteiger partial charge on any atom is 0.0946 e. The molecule has 5 fully saturated rings. The van der Waals surface area contributed by atoms with Crippen LogP contribution in [0.3, 0.4) is 0 Å². The molecule has 144 valence electrons. The van der Waals surface area contributed by atoms with E-state index < -0.39 is 0 Å². The minimum absolute atomic E-state index is 0.397. The Morgan fingerprint density at radius 3 is 2.35 bits per heavy atom. The molecule has 6 rings (SSSR count). The minimum atomic E-state index is 0.397. The number of ether oxygens (including phenoxy) is 1. The quantitative estimate of drug-likeness (QED) is 0.579. The molecule has 4 bridgehead atoms. The molecular formula is C23H36N2O. The average molecular weight is 357 g/mol. The van der Waals surface area contributed by atoms with Crippen molar-refractivity contribution in [3.8, 4) is 0 Å². The van der Waals surface area contributed by atoms with Crippen molar-refractivity contribution in [1.82, 2.24) is 9.55 Å². The summed E-state index contributed by atoms with van der Waals surface area (Å²) in [5.74, 6) is 3.97. The van der Waals surface area contributed by atoms with E-state index in [1.54, 1.807) is 0 Å². The Kier molecular flexibility index (Phi) is 4.85. The number of hydrogen-bond acceptors (Lipinski definition) is 2. The molecule has 5 aliphatic carbocycles. The highest BCUT2D eigenvalue weighted by Gasteiger charge is 2.54. The van der Waals surface area contributed by atoms with Crippen LogP contribution < -0.4 is 0 Å². The Morgan fingerprint density at radius 2 is 1.73 bits per heavy atom. The molecular weight excluding hydrogens is 320 g/mol. The maximum atomic E-state index is 6.71.